The zero-order chi connectivity index (χ0) is 18.4. The number of nitrogens with two attached hydrogens (primary N) is 1. The first kappa shape index (κ1) is 18.9. The fraction of sp³-hybridized carbons (Fsp3) is 0.222. The molecule has 0 aliphatic heterocycles. The maximum atomic E-state index is 13.8. The van der Waals surface area contributed by atoms with Crippen molar-refractivity contribution in [2.45, 2.75) is 25.4 Å². The summed E-state index contributed by atoms with van der Waals surface area (Å²) in [5, 5.41) is 5.30. The molecule has 0 heterocycles. The Morgan fingerprint density at radius 2 is 1.76 bits per heavy atom. The van der Waals surface area contributed by atoms with Gasteiger partial charge in [-0.1, -0.05) is 46.3 Å². The van der Waals surface area contributed by atoms with Gasteiger partial charge in [0.1, 0.15) is 5.82 Å². The molecule has 0 saturated heterocycles. The average Bonchev–Trinajstić information content (AvgIpc) is 2.54. The highest BCUT2D eigenvalue weighted by Gasteiger charge is 2.20. The molecule has 4 N–H and O–H groups in total. The van der Waals surface area contributed by atoms with Crippen molar-refractivity contribution >= 4 is 27.9 Å². The number of hydrogen-bond acceptors (Lipinski definition) is 2. The van der Waals surface area contributed by atoms with Gasteiger partial charge in [0.2, 0.25) is 5.91 Å². The number of urea groups is 1. The summed E-state index contributed by atoms with van der Waals surface area (Å²) in [7, 11) is 0. The van der Waals surface area contributed by atoms with Gasteiger partial charge in [-0.3, -0.25) is 4.79 Å². The lowest BCUT2D eigenvalue weighted by Crippen LogP contribution is -2.37. The highest BCUT2D eigenvalue weighted by atomic mass is 79.9. The summed E-state index contributed by atoms with van der Waals surface area (Å²) in [6.07, 6.45) is -0.0106. The second-order valence-corrected chi connectivity index (χ2v) is 6.54. The first-order chi connectivity index (χ1) is 11.9. The molecule has 2 aromatic carbocycles. The Bertz CT molecular complexity index is 752. The van der Waals surface area contributed by atoms with Crippen LogP contribution in [-0.4, -0.2) is 11.9 Å². The summed E-state index contributed by atoms with van der Waals surface area (Å²) in [5.41, 5.74) is 6.36. The Kier molecular flexibility index (Phi) is 6.52. The van der Waals surface area contributed by atoms with Crippen molar-refractivity contribution in [2.24, 2.45) is 5.73 Å². The van der Waals surface area contributed by atoms with Gasteiger partial charge in [-0.25, -0.2) is 9.18 Å². The molecular weight excluding hydrogens is 389 g/mol. The van der Waals surface area contributed by atoms with Crippen LogP contribution in [0.2, 0.25) is 0 Å². The molecule has 25 heavy (non-hydrogen) atoms. The van der Waals surface area contributed by atoms with E-state index in [0.29, 0.717) is 5.56 Å². The van der Waals surface area contributed by atoms with E-state index in [0.717, 1.165) is 10.0 Å². The van der Waals surface area contributed by atoms with Crippen LogP contribution >= 0.6 is 15.9 Å². The normalized spacial score (nSPS) is 12.9. The van der Waals surface area contributed by atoms with Crippen LogP contribution in [0.5, 0.6) is 0 Å². The third-order valence-corrected chi connectivity index (χ3v) is 4.26. The number of carbonyl (C=O) groups excluding carboxylic acids is 2. The van der Waals surface area contributed by atoms with E-state index in [1.807, 2.05) is 12.1 Å². The van der Waals surface area contributed by atoms with Crippen LogP contribution < -0.4 is 16.4 Å². The van der Waals surface area contributed by atoms with Crippen molar-refractivity contribution in [1.82, 2.24) is 10.6 Å². The molecule has 7 heteroatoms. The number of carbonyl (C=O) groups is 2. The number of primary amides is 1. The largest absolute Gasteiger partial charge is 0.352 e. The minimum atomic E-state index is -0.720. The number of hydrogen-bond donors (Lipinski definition) is 3. The van der Waals surface area contributed by atoms with E-state index < -0.39 is 18.1 Å². The van der Waals surface area contributed by atoms with Crippen molar-refractivity contribution in [3.63, 3.8) is 0 Å². The second kappa shape index (κ2) is 8.62. The minimum Gasteiger partial charge on any atom is -0.352 e. The van der Waals surface area contributed by atoms with Crippen LogP contribution in [0.3, 0.4) is 0 Å². The van der Waals surface area contributed by atoms with Gasteiger partial charge in [-0.05, 0) is 30.7 Å². The van der Waals surface area contributed by atoms with E-state index in [-0.39, 0.29) is 18.1 Å². The van der Waals surface area contributed by atoms with Crippen molar-refractivity contribution in [3.8, 4) is 0 Å². The molecule has 0 fully saturated rings. The first-order valence-corrected chi connectivity index (χ1v) is 8.51. The quantitative estimate of drug-likeness (QED) is 0.683. The van der Waals surface area contributed by atoms with Crippen LogP contribution in [-0.2, 0) is 4.79 Å². The predicted octanol–water partition coefficient (Wildman–Crippen LogP) is 3.57. The number of rotatable bonds is 6. The smallest absolute Gasteiger partial charge is 0.312 e. The second-order valence-electron chi connectivity index (χ2n) is 5.63. The molecule has 0 saturated carbocycles. The van der Waals surface area contributed by atoms with Crippen LogP contribution in [0.15, 0.2) is 53.0 Å². The maximum Gasteiger partial charge on any atom is 0.312 e. The molecule has 2 aromatic rings. The van der Waals surface area contributed by atoms with Crippen LogP contribution in [0.4, 0.5) is 9.18 Å². The molecule has 0 bridgehead atoms. The molecule has 132 valence electrons. The number of nitrogens with one attached hydrogen (secondary N) is 2. The summed E-state index contributed by atoms with van der Waals surface area (Å²) < 4.78 is 14.7. The number of amides is 3. The molecule has 5 nitrogen and oxygen atoms in total. The van der Waals surface area contributed by atoms with Crippen molar-refractivity contribution in [1.29, 1.82) is 0 Å². The fourth-order valence-corrected chi connectivity index (χ4v) is 2.77. The van der Waals surface area contributed by atoms with Gasteiger partial charge in [-0.15, -0.1) is 0 Å². The lowest BCUT2D eigenvalue weighted by atomic mass is 10.0. The summed E-state index contributed by atoms with van der Waals surface area (Å²) in [5.74, 6) is -0.701. The topological polar surface area (TPSA) is 84.2 Å². The molecule has 0 aromatic heterocycles. The highest BCUT2D eigenvalue weighted by Crippen LogP contribution is 2.21. The number of halogens is 2. The van der Waals surface area contributed by atoms with E-state index in [2.05, 4.69) is 26.6 Å². The van der Waals surface area contributed by atoms with E-state index in [1.54, 1.807) is 37.3 Å². The molecule has 3 amide bonds. The van der Waals surface area contributed by atoms with E-state index in [4.69, 9.17) is 5.73 Å². The Labute approximate surface area is 153 Å². The monoisotopic (exact) mass is 407 g/mol. The summed E-state index contributed by atoms with van der Waals surface area (Å²) in [6.45, 7) is 1.70. The van der Waals surface area contributed by atoms with Crippen molar-refractivity contribution in [3.05, 3.63) is 69.9 Å². The molecule has 0 radical (unpaired) electrons. The van der Waals surface area contributed by atoms with Crippen molar-refractivity contribution in [2.75, 3.05) is 0 Å². The molecule has 0 spiro atoms. The standard InChI is InChI=1S/C18H19BrFN3O2/c1-11(14-4-2-3-5-15(14)20)22-17(24)10-16(23-18(21)25)12-6-8-13(19)9-7-12/h2-9,11,16H,10H2,1H3,(H,22,24)(H3,21,23,25)/t11-,16+/m0/s1. The zero-order valence-electron chi connectivity index (χ0n) is 13.6. The molecule has 0 unspecified atom stereocenters. The maximum absolute atomic E-state index is 13.8. The summed E-state index contributed by atoms with van der Waals surface area (Å²) in [4.78, 5) is 23.6. The fourth-order valence-electron chi connectivity index (χ4n) is 2.51. The Hall–Kier alpha value is -2.41. The van der Waals surface area contributed by atoms with E-state index in [9.17, 15) is 14.0 Å². The average molecular weight is 408 g/mol. The molecule has 0 aliphatic carbocycles. The SMILES string of the molecule is C[C@H](NC(=O)C[C@@H](NC(N)=O)c1ccc(Br)cc1)c1ccccc1F. The molecule has 2 atom stereocenters. The lowest BCUT2D eigenvalue weighted by Gasteiger charge is -2.20. The van der Waals surface area contributed by atoms with E-state index in [1.165, 1.54) is 6.07 Å². The highest BCUT2D eigenvalue weighted by molar-refractivity contribution is 9.10. The molecular formula is C18H19BrFN3O2. The van der Waals surface area contributed by atoms with Crippen LogP contribution in [0.1, 0.15) is 36.6 Å². The third kappa shape index (κ3) is 5.56. The van der Waals surface area contributed by atoms with Gasteiger partial charge in [0.25, 0.3) is 0 Å². The van der Waals surface area contributed by atoms with Gasteiger partial charge >= 0.3 is 6.03 Å². The van der Waals surface area contributed by atoms with Crippen LogP contribution in [0.25, 0.3) is 0 Å². The first-order valence-electron chi connectivity index (χ1n) is 7.72. The van der Waals surface area contributed by atoms with Gasteiger partial charge in [0.05, 0.1) is 18.5 Å². The van der Waals surface area contributed by atoms with Gasteiger partial charge in [-0.2, -0.15) is 0 Å². The van der Waals surface area contributed by atoms with Gasteiger partial charge < -0.3 is 16.4 Å². The minimum absolute atomic E-state index is 0.0106. The van der Waals surface area contributed by atoms with E-state index >= 15 is 0 Å². The van der Waals surface area contributed by atoms with Crippen molar-refractivity contribution < 1.29 is 14.0 Å². The van der Waals surface area contributed by atoms with Gasteiger partial charge in [0.15, 0.2) is 0 Å². The third-order valence-electron chi connectivity index (χ3n) is 3.73. The van der Waals surface area contributed by atoms with Gasteiger partial charge in [0, 0.05) is 10.0 Å². The summed E-state index contributed by atoms with van der Waals surface area (Å²) >= 11 is 3.33. The number of benzene rings is 2. The lowest BCUT2D eigenvalue weighted by molar-refractivity contribution is -0.122. The molecule has 2 rings (SSSR count). The summed E-state index contributed by atoms with van der Waals surface area (Å²) in [6, 6.07) is 11.7. The predicted molar refractivity (Wildman–Crippen MR) is 97.2 cm³/mol. The Morgan fingerprint density at radius 1 is 1.12 bits per heavy atom. The Balaban J connectivity index is 2.07. The van der Waals surface area contributed by atoms with Crippen LogP contribution in [0, 0.1) is 5.82 Å². The molecule has 0 aliphatic rings. The zero-order valence-corrected chi connectivity index (χ0v) is 15.2. The Morgan fingerprint density at radius 3 is 2.36 bits per heavy atom.